The zero-order chi connectivity index (χ0) is 37.3. The van der Waals surface area contributed by atoms with Crippen molar-refractivity contribution in [3.05, 3.63) is 93.5 Å². The summed E-state index contributed by atoms with van der Waals surface area (Å²) in [5.74, 6) is 1.50. The van der Waals surface area contributed by atoms with Crippen molar-refractivity contribution >= 4 is 17.5 Å². The third-order valence-corrected chi connectivity index (χ3v) is 12.0. The number of rotatable bonds is 13. The summed E-state index contributed by atoms with van der Waals surface area (Å²) >= 11 is 0. The maximum atomic E-state index is 13.8. The van der Waals surface area contributed by atoms with Crippen molar-refractivity contribution < 1.29 is 24.4 Å². The van der Waals surface area contributed by atoms with E-state index in [-0.39, 0.29) is 29.2 Å². The van der Waals surface area contributed by atoms with Crippen LogP contribution >= 0.6 is 0 Å². The minimum absolute atomic E-state index is 0.0913. The monoisotopic (exact) mass is 711 g/mol. The summed E-state index contributed by atoms with van der Waals surface area (Å²) in [6.45, 7) is 8.36. The highest BCUT2D eigenvalue weighted by Gasteiger charge is 2.56. The van der Waals surface area contributed by atoms with E-state index in [1.54, 1.807) is 13.2 Å². The van der Waals surface area contributed by atoms with E-state index in [1.165, 1.54) is 18.6 Å². The Bertz CT molecular complexity index is 1780. The third kappa shape index (κ3) is 7.72. The van der Waals surface area contributed by atoms with Gasteiger partial charge in [-0.05, 0) is 80.1 Å². The molecule has 4 aliphatic rings. The quantitative estimate of drug-likeness (QED) is 0.161. The van der Waals surface area contributed by atoms with Gasteiger partial charge in [-0.15, -0.1) is 0 Å². The number of aliphatic hydroxyl groups excluding tert-OH is 1. The number of ether oxygens (including phenoxy) is 1. The SMILES string of the molecule is COc1c(CN2CC[C@H](O)[C@H]2C(=O)N[C@H]2C[C@@H]3C[C@@H]([C@@H]2C)C3(C)C)cccc1-c1cc(C(=O)N[C@@H](Cc2ccccc2)CN(C)C)cc([N+](=O)[O-])c1. The molecule has 0 radical (unpaired) electrons. The zero-order valence-corrected chi connectivity index (χ0v) is 31.2. The molecule has 3 aromatic carbocycles. The van der Waals surface area contributed by atoms with Gasteiger partial charge in [0.15, 0.2) is 0 Å². The molecule has 1 heterocycles. The number of para-hydroxylation sites is 1. The zero-order valence-electron chi connectivity index (χ0n) is 31.2. The van der Waals surface area contributed by atoms with Crippen LogP contribution in [0, 0.1) is 33.3 Å². The normalized spacial score (nSPS) is 25.6. The summed E-state index contributed by atoms with van der Waals surface area (Å²) in [5, 5.41) is 29.6. The summed E-state index contributed by atoms with van der Waals surface area (Å²) < 4.78 is 5.95. The second kappa shape index (κ2) is 15.3. The van der Waals surface area contributed by atoms with Gasteiger partial charge in [0, 0.05) is 60.5 Å². The standard InChI is InChI=1S/C41H53N5O6/c1-25-34-21-30(41(34,2)3)22-35(25)43-40(49)37-36(47)15-16-45(37)23-27-13-10-14-33(38(27)52-6)28-18-29(20-32(19-28)46(50)51)39(48)42-31(24-44(4)5)17-26-11-8-7-9-12-26/h7-14,18-20,25,30-31,34-37,47H,15-17,21-24H2,1-6H3,(H,42,48)(H,43,49)/t25-,30-,31-,34-,35-,36-,37-/m0/s1. The lowest BCUT2D eigenvalue weighted by molar-refractivity contribution is -0.384. The van der Waals surface area contributed by atoms with E-state index in [9.17, 15) is 24.8 Å². The largest absolute Gasteiger partial charge is 0.496 e. The van der Waals surface area contributed by atoms with Gasteiger partial charge in [-0.1, -0.05) is 69.3 Å². The first-order valence-electron chi connectivity index (χ1n) is 18.4. The van der Waals surface area contributed by atoms with Crippen LogP contribution in [0.4, 0.5) is 5.69 Å². The number of nitro groups is 1. The van der Waals surface area contributed by atoms with Crippen molar-refractivity contribution in [1.82, 2.24) is 20.4 Å². The minimum atomic E-state index is -0.796. The van der Waals surface area contributed by atoms with E-state index in [0.29, 0.717) is 72.5 Å². The molecule has 2 amide bonds. The molecule has 1 saturated heterocycles. The van der Waals surface area contributed by atoms with Crippen LogP contribution in [0.2, 0.25) is 0 Å². The predicted molar refractivity (Wildman–Crippen MR) is 201 cm³/mol. The number of methoxy groups -OCH3 is 1. The fourth-order valence-electron chi connectivity index (χ4n) is 9.13. The molecule has 11 heteroatoms. The molecular weight excluding hydrogens is 658 g/mol. The number of nitro benzene ring substituents is 1. The van der Waals surface area contributed by atoms with Gasteiger partial charge in [-0.25, -0.2) is 0 Å². The van der Waals surface area contributed by atoms with Crippen LogP contribution in [-0.2, 0) is 17.8 Å². The Kier molecular flexibility index (Phi) is 11.0. The first kappa shape index (κ1) is 37.4. The topological polar surface area (TPSA) is 137 Å². The number of nitrogens with zero attached hydrogens (tertiary/aromatic N) is 3. The number of likely N-dealkylation sites (N-methyl/N-ethyl adjacent to an activating group) is 1. The lowest BCUT2D eigenvalue weighted by Crippen LogP contribution is -2.62. The van der Waals surface area contributed by atoms with Gasteiger partial charge in [0.05, 0.1) is 18.1 Å². The molecule has 7 atom stereocenters. The summed E-state index contributed by atoms with van der Waals surface area (Å²) in [5.41, 5.74) is 3.17. The molecular formula is C41H53N5O6. The van der Waals surface area contributed by atoms with Crippen LogP contribution in [0.3, 0.4) is 0 Å². The number of aliphatic hydroxyl groups is 1. The average Bonchev–Trinajstić information content (AvgIpc) is 3.47. The lowest BCUT2D eigenvalue weighted by atomic mass is 9.45. The van der Waals surface area contributed by atoms with Gasteiger partial charge >= 0.3 is 0 Å². The number of likely N-dealkylation sites (tertiary alicyclic amines) is 1. The van der Waals surface area contributed by atoms with Crippen LogP contribution in [0.15, 0.2) is 66.7 Å². The van der Waals surface area contributed by atoms with Crippen LogP contribution in [0.5, 0.6) is 5.75 Å². The number of hydrogen-bond donors (Lipinski definition) is 3. The fourth-order valence-corrected chi connectivity index (χ4v) is 9.13. The van der Waals surface area contributed by atoms with E-state index < -0.39 is 23.0 Å². The fraction of sp³-hybridized carbons (Fsp3) is 0.512. The number of amides is 2. The average molecular weight is 712 g/mol. The summed E-state index contributed by atoms with van der Waals surface area (Å²) in [6.07, 6.45) is 2.46. The number of hydrogen-bond acceptors (Lipinski definition) is 8. The van der Waals surface area contributed by atoms with Crippen LogP contribution in [-0.4, -0.2) is 90.2 Å². The van der Waals surface area contributed by atoms with Gasteiger partial charge in [-0.2, -0.15) is 0 Å². The highest BCUT2D eigenvalue weighted by molar-refractivity contribution is 5.97. The maximum absolute atomic E-state index is 13.8. The van der Waals surface area contributed by atoms with Gasteiger partial charge in [0.25, 0.3) is 11.6 Å². The Morgan fingerprint density at radius 1 is 1.10 bits per heavy atom. The van der Waals surface area contributed by atoms with Gasteiger partial charge in [-0.3, -0.25) is 24.6 Å². The van der Waals surface area contributed by atoms with Crippen LogP contribution in [0.1, 0.15) is 61.5 Å². The van der Waals surface area contributed by atoms with Gasteiger partial charge in [0.2, 0.25) is 5.91 Å². The first-order chi connectivity index (χ1) is 24.8. The van der Waals surface area contributed by atoms with Crippen LogP contribution < -0.4 is 15.4 Å². The number of non-ortho nitro benzene ring substituents is 1. The molecule has 3 aromatic rings. The number of carbonyl (C=O) groups excluding carboxylic acids is 2. The Morgan fingerprint density at radius 3 is 2.50 bits per heavy atom. The van der Waals surface area contributed by atoms with Gasteiger partial charge in [0.1, 0.15) is 11.8 Å². The molecule has 3 N–H and O–H groups in total. The van der Waals surface area contributed by atoms with E-state index in [4.69, 9.17) is 4.74 Å². The van der Waals surface area contributed by atoms with E-state index in [1.807, 2.05) is 72.4 Å². The molecule has 1 aliphatic heterocycles. The Morgan fingerprint density at radius 2 is 1.85 bits per heavy atom. The number of fused-ring (bicyclic) bond motifs is 2. The Balaban J connectivity index is 1.23. The second-order valence-corrected chi connectivity index (χ2v) is 16.0. The molecule has 7 rings (SSSR count). The number of benzene rings is 3. The van der Waals surface area contributed by atoms with E-state index >= 15 is 0 Å². The molecule has 0 spiro atoms. The van der Waals surface area contributed by atoms with Crippen molar-refractivity contribution in [1.29, 1.82) is 0 Å². The van der Waals surface area contributed by atoms with Crippen molar-refractivity contribution in [2.45, 2.75) is 77.2 Å². The van der Waals surface area contributed by atoms with E-state index in [2.05, 4.69) is 31.4 Å². The van der Waals surface area contributed by atoms with Gasteiger partial charge < -0.3 is 25.4 Å². The molecule has 11 nitrogen and oxygen atoms in total. The third-order valence-electron chi connectivity index (χ3n) is 12.0. The van der Waals surface area contributed by atoms with Crippen LogP contribution in [0.25, 0.3) is 11.1 Å². The van der Waals surface area contributed by atoms with Crippen molar-refractivity contribution in [3.8, 4) is 16.9 Å². The molecule has 278 valence electrons. The smallest absolute Gasteiger partial charge is 0.270 e. The van der Waals surface area contributed by atoms with Crippen molar-refractivity contribution in [2.24, 2.45) is 23.2 Å². The Labute approximate surface area is 306 Å². The molecule has 0 aromatic heterocycles. The highest BCUT2D eigenvalue weighted by Crippen LogP contribution is 2.61. The lowest BCUT2D eigenvalue weighted by Gasteiger charge is -2.62. The first-order valence-corrected chi connectivity index (χ1v) is 18.4. The summed E-state index contributed by atoms with van der Waals surface area (Å²) in [4.78, 5) is 43.1. The summed E-state index contributed by atoms with van der Waals surface area (Å²) in [7, 11) is 5.42. The molecule has 3 aliphatic carbocycles. The predicted octanol–water partition coefficient (Wildman–Crippen LogP) is 5.30. The van der Waals surface area contributed by atoms with E-state index in [0.717, 1.165) is 17.5 Å². The maximum Gasteiger partial charge on any atom is 0.270 e. The Hall–Kier alpha value is -4.32. The number of carbonyl (C=O) groups is 2. The molecule has 52 heavy (non-hydrogen) atoms. The summed E-state index contributed by atoms with van der Waals surface area (Å²) in [6, 6.07) is 19.0. The minimum Gasteiger partial charge on any atom is -0.496 e. The molecule has 2 bridgehead atoms. The molecule has 4 fully saturated rings. The highest BCUT2D eigenvalue weighted by atomic mass is 16.6. The molecule has 0 unspecified atom stereocenters. The molecule has 3 saturated carbocycles. The number of nitrogens with one attached hydrogen (secondary N) is 2. The second-order valence-electron chi connectivity index (χ2n) is 16.0. The van der Waals surface area contributed by atoms with Crippen molar-refractivity contribution in [2.75, 3.05) is 34.3 Å². The van der Waals surface area contributed by atoms with Crippen molar-refractivity contribution in [3.63, 3.8) is 0 Å².